The lowest BCUT2D eigenvalue weighted by molar-refractivity contribution is 0.354. The van der Waals surface area contributed by atoms with E-state index in [0.717, 1.165) is 39.4 Å². The van der Waals surface area contributed by atoms with Crippen molar-refractivity contribution in [3.63, 3.8) is 0 Å². The highest BCUT2D eigenvalue weighted by Crippen LogP contribution is 2.28. The molecule has 1 aromatic heterocycles. The number of furan rings is 1. The molecule has 2 aromatic rings. The zero-order valence-corrected chi connectivity index (χ0v) is 15.1. The summed E-state index contributed by atoms with van der Waals surface area (Å²) in [4.78, 5) is 0. The average molecular weight is 419 g/mol. The smallest absolute Gasteiger partial charge is 0.183 e. The van der Waals surface area contributed by atoms with Gasteiger partial charge in [0.2, 0.25) is 0 Å². The highest BCUT2D eigenvalue weighted by atomic mass is 79.9. The van der Waals surface area contributed by atoms with Crippen molar-refractivity contribution in [1.82, 2.24) is 5.32 Å². The fourth-order valence-electron chi connectivity index (χ4n) is 1.96. The topological polar surface area (TPSA) is 43.6 Å². The van der Waals surface area contributed by atoms with Crippen molar-refractivity contribution in [2.75, 3.05) is 20.8 Å². The van der Waals surface area contributed by atoms with Gasteiger partial charge in [-0.2, -0.15) is 0 Å². The molecule has 0 atom stereocenters. The third-order valence-corrected chi connectivity index (χ3v) is 4.74. The number of halogens is 2. The molecule has 0 aliphatic carbocycles. The van der Waals surface area contributed by atoms with Gasteiger partial charge in [-0.3, -0.25) is 0 Å². The predicted molar refractivity (Wildman–Crippen MR) is 89.1 cm³/mol. The largest absolute Gasteiger partial charge is 0.493 e. The molecule has 0 aliphatic rings. The second-order valence-electron chi connectivity index (χ2n) is 4.45. The van der Waals surface area contributed by atoms with E-state index in [9.17, 15) is 0 Å². The van der Waals surface area contributed by atoms with Gasteiger partial charge in [0, 0.05) is 0 Å². The number of rotatable bonds is 7. The molecule has 1 N–H and O–H groups in total. The molecule has 6 heteroatoms. The van der Waals surface area contributed by atoms with Crippen LogP contribution >= 0.6 is 31.9 Å². The van der Waals surface area contributed by atoms with Gasteiger partial charge in [-0.05, 0) is 68.6 Å². The Morgan fingerprint density at radius 3 is 2.48 bits per heavy atom. The number of ether oxygens (including phenoxy) is 2. The number of benzene rings is 1. The van der Waals surface area contributed by atoms with E-state index in [0.29, 0.717) is 6.54 Å². The molecule has 0 fully saturated rings. The molecule has 0 radical (unpaired) electrons. The molecular formula is C15H17Br2NO3. The van der Waals surface area contributed by atoms with Crippen molar-refractivity contribution >= 4 is 31.9 Å². The standard InChI is InChI=1S/C15H17Br2NO3/c1-19-13-4-3-10(7-14(13)20-2)5-6-18-9-11-8-12(16)15(17)21-11/h3-4,7-8,18H,5-6,9H2,1-2H3. The first-order valence-electron chi connectivity index (χ1n) is 6.49. The Bertz CT molecular complexity index is 579. The summed E-state index contributed by atoms with van der Waals surface area (Å²) in [6.07, 6.45) is 0.906. The monoisotopic (exact) mass is 417 g/mol. The molecule has 0 bridgehead atoms. The predicted octanol–water partition coefficient (Wildman–Crippen LogP) is 4.15. The Morgan fingerprint density at radius 2 is 1.86 bits per heavy atom. The van der Waals surface area contributed by atoms with Gasteiger partial charge in [-0.15, -0.1) is 0 Å². The third-order valence-electron chi connectivity index (χ3n) is 3.03. The zero-order chi connectivity index (χ0) is 15.2. The summed E-state index contributed by atoms with van der Waals surface area (Å²) in [6, 6.07) is 7.92. The van der Waals surface area contributed by atoms with Gasteiger partial charge in [0.05, 0.1) is 25.2 Å². The molecule has 2 rings (SSSR count). The number of methoxy groups -OCH3 is 2. The van der Waals surface area contributed by atoms with Gasteiger partial charge in [0.1, 0.15) is 5.76 Å². The Balaban J connectivity index is 1.83. The Hall–Kier alpha value is -0.980. The van der Waals surface area contributed by atoms with Gasteiger partial charge >= 0.3 is 0 Å². The Kier molecular flexibility index (Phi) is 6.14. The van der Waals surface area contributed by atoms with Crippen LogP contribution in [0.5, 0.6) is 11.5 Å². The van der Waals surface area contributed by atoms with Crippen molar-refractivity contribution in [3.05, 3.63) is 44.7 Å². The van der Waals surface area contributed by atoms with E-state index < -0.39 is 0 Å². The summed E-state index contributed by atoms with van der Waals surface area (Å²) in [6.45, 7) is 1.54. The fourth-order valence-corrected chi connectivity index (χ4v) is 2.62. The van der Waals surface area contributed by atoms with E-state index in [1.165, 1.54) is 5.56 Å². The maximum Gasteiger partial charge on any atom is 0.183 e. The van der Waals surface area contributed by atoms with Gasteiger partial charge in [0.25, 0.3) is 0 Å². The highest BCUT2D eigenvalue weighted by molar-refractivity contribution is 9.13. The van der Waals surface area contributed by atoms with Crippen LogP contribution in [0.15, 0.2) is 37.8 Å². The van der Waals surface area contributed by atoms with Crippen LogP contribution in [-0.4, -0.2) is 20.8 Å². The molecular weight excluding hydrogens is 402 g/mol. The summed E-state index contributed by atoms with van der Waals surface area (Å²) in [5.41, 5.74) is 1.20. The van der Waals surface area contributed by atoms with E-state index in [4.69, 9.17) is 13.9 Å². The summed E-state index contributed by atoms with van der Waals surface area (Å²) < 4.78 is 17.7. The van der Waals surface area contributed by atoms with Gasteiger partial charge in [0.15, 0.2) is 16.2 Å². The molecule has 1 heterocycles. The SMILES string of the molecule is COc1ccc(CCNCc2cc(Br)c(Br)o2)cc1OC. The Labute approximate surface area is 141 Å². The molecule has 0 spiro atoms. The molecule has 0 saturated carbocycles. The maximum atomic E-state index is 5.50. The van der Waals surface area contributed by atoms with Crippen molar-refractivity contribution in [3.8, 4) is 11.5 Å². The van der Waals surface area contributed by atoms with E-state index in [-0.39, 0.29) is 0 Å². The summed E-state index contributed by atoms with van der Waals surface area (Å²) in [7, 11) is 3.28. The highest BCUT2D eigenvalue weighted by Gasteiger charge is 2.06. The molecule has 21 heavy (non-hydrogen) atoms. The summed E-state index contributed by atoms with van der Waals surface area (Å²) in [5.74, 6) is 2.40. The van der Waals surface area contributed by atoms with Crippen molar-refractivity contribution in [1.29, 1.82) is 0 Å². The van der Waals surface area contributed by atoms with Crippen LogP contribution in [0.4, 0.5) is 0 Å². The number of hydrogen-bond acceptors (Lipinski definition) is 4. The molecule has 0 amide bonds. The molecule has 0 unspecified atom stereocenters. The second-order valence-corrected chi connectivity index (χ2v) is 6.03. The lowest BCUT2D eigenvalue weighted by atomic mass is 10.1. The van der Waals surface area contributed by atoms with Gasteiger partial charge in [-0.1, -0.05) is 6.07 Å². The van der Waals surface area contributed by atoms with Crippen molar-refractivity contribution in [2.24, 2.45) is 0 Å². The Morgan fingerprint density at radius 1 is 1.10 bits per heavy atom. The van der Waals surface area contributed by atoms with E-state index >= 15 is 0 Å². The molecule has 114 valence electrons. The van der Waals surface area contributed by atoms with Crippen molar-refractivity contribution in [2.45, 2.75) is 13.0 Å². The van der Waals surface area contributed by atoms with Gasteiger partial charge in [-0.25, -0.2) is 0 Å². The normalized spacial score (nSPS) is 10.7. The van der Waals surface area contributed by atoms with Crippen LogP contribution in [0, 0.1) is 0 Å². The second kappa shape index (κ2) is 7.87. The maximum absolute atomic E-state index is 5.50. The number of nitrogens with one attached hydrogen (secondary N) is 1. The molecule has 4 nitrogen and oxygen atoms in total. The minimum Gasteiger partial charge on any atom is -0.493 e. The first-order valence-corrected chi connectivity index (χ1v) is 8.08. The quantitative estimate of drug-likeness (QED) is 0.685. The number of hydrogen-bond donors (Lipinski definition) is 1. The van der Waals surface area contributed by atoms with Crippen LogP contribution in [-0.2, 0) is 13.0 Å². The van der Waals surface area contributed by atoms with Crippen LogP contribution in [0.1, 0.15) is 11.3 Å². The summed E-state index contributed by atoms with van der Waals surface area (Å²) >= 11 is 6.72. The van der Waals surface area contributed by atoms with Gasteiger partial charge < -0.3 is 19.2 Å². The third kappa shape index (κ3) is 4.49. The minimum absolute atomic E-state index is 0.692. The molecule has 0 saturated heterocycles. The molecule has 1 aromatic carbocycles. The summed E-state index contributed by atoms with van der Waals surface area (Å²) in [5, 5.41) is 3.35. The van der Waals surface area contributed by atoms with E-state index in [2.05, 4.69) is 37.2 Å². The van der Waals surface area contributed by atoms with E-state index in [1.807, 2.05) is 24.3 Å². The lowest BCUT2D eigenvalue weighted by Crippen LogP contribution is -2.16. The average Bonchev–Trinajstić information content (AvgIpc) is 2.82. The van der Waals surface area contributed by atoms with E-state index in [1.54, 1.807) is 14.2 Å². The van der Waals surface area contributed by atoms with Crippen LogP contribution in [0.3, 0.4) is 0 Å². The first kappa shape index (κ1) is 16.4. The lowest BCUT2D eigenvalue weighted by Gasteiger charge is -2.09. The minimum atomic E-state index is 0.692. The van der Waals surface area contributed by atoms with Crippen LogP contribution in [0.25, 0.3) is 0 Å². The fraction of sp³-hybridized carbons (Fsp3) is 0.333. The zero-order valence-electron chi connectivity index (χ0n) is 11.9. The molecule has 0 aliphatic heterocycles. The van der Waals surface area contributed by atoms with Crippen molar-refractivity contribution < 1.29 is 13.9 Å². The van der Waals surface area contributed by atoms with Crippen LogP contribution in [0.2, 0.25) is 0 Å². The first-order chi connectivity index (χ1) is 10.1. The van der Waals surface area contributed by atoms with Crippen LogP contribution < -0.4 is 14.8 Å².